The highest BCUT2D eigenvalue weighted by molar-refractivity contribution is 5.99. The molecule has 0 aromatic carbocycles. The third kappa shape index (κ3) is 4.38. The van der Waals surface area contributed by atoms with E-state index in [9.17, 15) is 14.4 Å². The highest BCUT2D eigenvalue weighted by Gasteiger charge is 2.38. The van der Waals surface area contributed by atoms with Crippen LogP contribution in [0.4, 0.5) is 0 Å². The topological polar surface area (TPSA) is 106 Å². The highest BCUT2D eigenvalue weighted by atomic mass is 16.4. The van der Waals surface area contributed by atoms with E-state index in [-0.39, 0.29) is 30.4 Å². The number of carboxylic acid groups (broad SMARTS) is 1. The van der Waals surface area contributed by atoms with Crippen LogP contribution in [0.1, 0.15) is 59.4 Å². The maximum atomic E-state index is 12.5. The van der Waals surface area contributed by atoms with Crippen LogP contribution in [0, 0.1) is 5.92 Å². The van der Waals surface area contributed by atoms with Gasteiger partial charge < -0.3 is 20.3 Å². The molecule has 0 unspecified atom stereocenters. The van der Waals surface area contributed by atoms with Crippen molar-refractivity contribution in [1.82, 2.24) is 20.1 Å². The molecular weight excluding hydrogens is 360 g/mol. The lowest BCUT2D eigenvalue weighted by Crippen LogP contribution is -2.55. The molecule has 1 aromatic rings. The van der Waals surface area contributed by atoms with E-state index in [1.54, 1.807) is 17.2 Å². The first kappa shape index (κ1) is 19.0. The van der Waals surface area contributed by atoms with Gasteiger partial charge in [-0.3, -0.25) is 19.3 Å². The molecule has 4 rings (SSSR count). The molecule has 8 nitrogen and oxygen atoms in total. The van der Waals surface area contributed by atoms with Crippen LogP contribution in [-0.4, -0.2) is 75.9 Å². The summed E-state index contributed by atoms with van der Waals surface area (Å²) in [7, 11) is 0. The lowest BCUT2D eigenvalue weighted by molar-refractivity contribution is -0.139. The Bertz CT molecular complexity index is 745. The van der Waals surface area contributed by atoms with Crippen molar-refractivity contribution in [2.45, 2.75) is 50.6 Å². The van der Waals surface area contributed by atoms with Crippen molar-refractivity contribution in [2.24, 2.45) is 5.92 Å². The van der Waals surface area contributed by atoms with Gasteiger partial charge in [0.2, 0.25) is 0 Å². The van der Waals surface area contributed by atoms with E-state index in [4.69, 9.17) is 5.11 Å². The molecule has 152 valence electrons. The highest BCUT2D eigenvalue weighted by Crippen LogP contribution is 2.33. The van der Waals surface area contributed by atoms with E-state index < -0.39 is 5.97 Å². The van der Waals surface area contributed by atoms with Crippen molar-refractivity contribution in [3.63, 3.8) is 0 Å². The van der Waals surface area contributed by atoms with Gasteiger partial charge in [-0.2, -0.15) is 0 Å². The van der Waals surface area contributed by atoms with Gasteiger partial charge in [-0.25, -0.2) is 0 Å². The first-order valence-electron chi connectivity index (χ1n) is 10.2. The summed E-state index contributed by atoms with van der Waals surface area (Å²) < 4.78 is 0. The molecule has 8 heteroatoms. The molecule has 2 aliphatic carbocycles. The molecule has 1 aromatic heterocycles. The summed E-state index contributed by atoms with van der Waals surface area (Å²) in [5.41, 5.74) is 0.918. The van der Waals surface area contributed by atoms with Gasteiger partial charge in [-0.1, -0.05) is 0 Å². The standard InChI is InChI=1S/C20H28N4O4/c25-18(26)12-24(11-13-3-4-13)16-8-15(9-16)22-19(27)14-7-17(21-10-14)20(28)23-5-1-2-6-23/h7,10,13,15-16,21H,1-6,8-9,11-12H2,(H,22,27)(H,25,26). The molecule has 0 spiro atoms. The van der Waals surface area contributed by atoms with Crippen molar-refractivity contribution >= 4 is 17.8 Å². The summed E-state index contributed by atoms with van der Waals surface area (Å²) in [5.74, 6) is -0.396. The fourth-order valence-corrected chi connectivity index (χ4v) is 4.16. The summed E-state index contributed by atoms with van der Waals surface area (Å²) in [5, 5.41) is 12.1. The summed E-state index contributed by atoms with van der Waals surface area (Å²) in [6, 6.07) is 1.90. The number of nitrogens with zero attached hydrogens (tertiary/aromatic N) is 2. The number of H-pyrrole nitrogens is 1. The molecule has 3 N–H and O–H groups in total. The van der Waals surface area contributed by atoms with Crippen LogP contribution in [-0.2, 0) is 4.79 Å². The summed E-state index contributed by atoms with van der Waals surface area (Å²) in [6.45, 7) is 2.46. The first-order valence-corrected chi connectivity index (χ1v) is 10.2. The first-order chi connectivity index (χ1) is 13.5. The maximum Gasteiger partial charge on any atom is 0.317 e. The molecule has 2 heterocycles. The number of aromatic amines is 1. The fourth-order valence-electron chi connectivity index (χ4n) is 4.16. The zero-order chi connectivity index (χ0) is 19.7. The molecule has 1 aliphatic heterocycles. The molecule has 0 atom stereocenters. The number of carboxylic acids is 1. The Kier molecular flexibility index (Phi) is 5.39. The van der Waals surface area contributed by atoms with Crippen LogP contribution in [0.5, 0.6) is 0 Å². The molecule has 0 radical (unpaired) electrons. The monoisotopic (exact) mass is 388 g/mol. The zero-order valence-corrected chi connectivity index (χ0v) is 16.0. The average Bonchev–Trinajstić information content (AvgIpc) is 3.12. The number of likely N-dealkylation sites (tertiary alicyclic amines) is 1. The zero-order valence-electron chi connectivity index (χ0n) is 16.0. The Morgan fingerprint density at radius 3 is 2.57 bits per heavy atom. The Morgan fingerprint density at radius 2 is 1.93 bits per heavy atom. The number of nitrogens with one attached hydrogen (secondary N) is 2. The van der Waals surface area contributed by atoms with Crippen molar-refractivity contribution in [2.75, 3.05) is 26.2 Å². The van der Waals surface area contributed by atoms with E-state index >= 15 is 0 Å². The predicted molar refractivity (Wildman–Crippen MR) is 102 cm³/mol. The molecule has 28 heavy (non-hydrogen) atoms. The second-order valence-electron chi connectivity index (χ2n) is 8.36. The normalized spacial score (nSPS) is 24.2. The smallest absolute Gasteiger partial charge is 0.317 e. The molecule has 1 saturated heterocycles. The number of aliphatic carboxylic acids is 1. The molecule has 3 aliphatic rings. The van der Waals surface area contributed by atoms with Crippen LogP contribution in [0.2, 0.25) is 0 Å². The molecule has 2 amide bonds. The Morgan fingerprint density at radius 1 is 1.21 bits per heavy atom. The van der Waals surface area contributed by atoms with Crippen molar-refractivity contribution in [3.05, 3.63) is 23.5 Å². The van der Waals surface area contributed by atoms with E-state index in [1.807, 2.05) is 4.90 Å². The van der Waals surface area contributed by atoms with Gasteiger partial charge in [0, 0.05) is 37.9 Å². The summed E-state index contributed by atoms with van der Waals surface area (Å²) in [4.78, 5) is 42.7. The van der Waals surface area contributed by atoms with Gasteiger partial charge in [0.15, 0.2) is 0 Å². The predicted octanol–water partition coefficient (Wildman–Crippen LogP) is 1.31. The van der Waals surface area contributed by atoms with E-state index in [0.29, 0.717) is 17.2 Å². The van der Waals surface area contributed by atoms with Crippen LogP contribution < -0.4 is 5.32 Å². The summed E-state index contributed by atoms with van der Waals surface area (Å²) >= 11 is 0. The number of hydrogen-bond acceptors (Lipinski definition) is 4. The van der Waals surface area contributed by atoms with Crippen LogP contribution in [0.25, 0.3) is 0 Å². The van der Waals surface area contributed by atoms with Crippen molar-refractivity contribution in [3.8, 4) is 0 Å². The minimum atomic E-state index is -0.796. The second kappa shape index (κ2) is 7.95. The van der Waals surface area contributed by atoms with Crippen molar-refractivity contribution < 1.29 is 19.5 Å². The molecule has 2 saturated carbocycles. The Balaban J connectivity index is 1.26. The third-order valence-electron chi connectivity index (χ3n) is 6.06. The number of aromatic nitrogens is 1. The molecule has 3 fully saturated rings. The number of carbonyl (C=O) groups excluding carboxylic acids is 2. The van der Waals surface area contributed by atoms with E-state index in [1.165, 1.54) is 12.8 Å². The third-order valence-corrected chi connectivity index (χ3v) is 6.06. The van der Waals surface area contributed by atoms with Crippen LogP contribution >= 0.6 is 0 Å². The quantitative estimate of drug-likeness (QED) is 0.623. The number of rotatable bonds is 8. The van der Waals surface area contributed by atoms with E-state index in [0.717, 1.165) is 45.3 Å². The van der Waals surface area contributed by atoms with E-state index in [2.05, 4.69) is 10.3 Å². The number of hydrogen-bond donors (Lipinski definition) is 3. The average molecular weight is 388 g/mol. The minimum absolute atomic E-state index is 0.0513. The second-order valence-corrected chi connectivity index (χ2v) is 8.36. The largest absolute Gasteiger partial charge is 0.480 e. The maximum absolute atomic E-state index is 12.5. The Hall–Kier alpha value is -2.35. The van der Waals surface area contributed by atoms with Gasteiger partial charge in [0.1, 0.15) is 5.69 Å². The van der Waals surface area contributed by atoms with Crippen LogP contribution in [0.15, 0.2) is 12.3 Å². The number of carbonyl (C=O) groups is 3. The van der Waals surface area contributed by atoms with Gasteiger partial charge in [-0.15, -0.1) is 0 Å². The molecule has 0 bridgehead atoms. The lowest BCUT2D eigenvalue weighted by atomic mass is 9.85. The SMILES string of the molecule is O=C(O)CN(CC1CC1)C1CC(NC(=O)c2c[nH]c(C(=O)N3CCCC3)c2)C1. The van der Waals surface area contributed by atoms with Crippen molar-refractivity contribution in [1.29, 1.82) is 0 Å². The van der Waals surface area contributed by atoms with Gasteiger partial charge in [0.25, 0.3) is 11.8 Å². The van der Waals surface area contributed by atoms with Gasteiger partial charge in [-0.05, 0) is 50.5 Å². The van der Waals surface area contributed by atoms with Crippen LogP contribution in [0.3, 0.4) is 0 Å². The summed E-state index contributed by atoms with van der Waals surface area (Å²) in [6.07, 6.45) is 7.57. The fraction of sp³-hybridized carbons (Fsp3) is 0.650. The lowest BCUT2D eigenvalue weighted by Gasteiger charge is -2.42. The number of amides is 2. The minimum Gasteiger partial charge on any atom is -0.480 e. The Labute approximate surface area is 164 Å². The molecular formula is C20H28N4O4. The van der Waals surface area contributed by atoms with Gasteiger partial charge >= 0.3 is 5.97 Å². The van der Waals surface area contributed by atoms with Gasteiger partial charge in [0.05, 0.1) is 12.1 Å².